The number of benzene rings is 1. The molecule has 1 amide bonds. The predicted molar refractivity (Wildman–Crippen MR) is 57.6 cm³/mol. The normalized spacial score (nSPS) is 17.5. The Labute approximate surface area is 88.9 Å². The van der Waals surface area contributed by atoms with Gasteiger partial charge in [0.2, 0.25) is 5.91 Å². The molecule has 1 heterocycles. The molecule has 0 atom stereocenters. The number of nitriles is 1. The van der Waals surface area contributed by atoms with Gasteiger partial charge in [-0.05, 0) is 26.0 Å². The molecule has 1 aromatic carbocycles. The topological polar surface area (TPSA) is 44.1 Å². The van der Waals surface area contributed by atoms with Gasteiger partial charge in [-0.15, -0.1) is 0 Å². The Balaban J connectivity index is 2.79. The molecular weight excluding hydrogens is 188 g/mol. The number of hydrogen-bond donors (Lipinski definition) is 0. The Morgan fingerprint density at radius 2 is 2.07 bits per heavy atom. The SMILES string of the molecule is CN1C(=O)C(C)(C)c2c(C#N)cccc21. The minimum Gasteiger partial charge on any atom is -0.314 e. The Morgan fingerprint density at radius 1 is 1.40 bits per heavy atom. The van der Waals surface area contributed by atoms with Crippen molar-refractivity contribution >= 4 is 11.6 Å². The third-order valence-corrected chi connectivity index (χ3v) is 2.99. The van der Waals surface area contributed by atoms with Crippen LogP contribution in [-0.4, -0.2) is 13.0 Å². The lowest BCUT2D eigenvalue weighted by Gasteiger charge is -2.17. The second-order valence-electron chi connectivity index (χ2n) is 4.30. The predicted octanol–water partition coefficient (Wildman–Crippen LogP) is 1.81. The van der Waals surface area contributed by atoms with Crippen LogP contribution in [0.15, 0.2) is 18.2 Å². The van der Waals surface area contributed by atoms with Crippen molar-refractivity contribution in [2.24, 2.45) is 0 Å². The van der Waals surface area contributed by atoms with Crippen molar-refractivity contribution in [1.29, 1.82) is 5.26 Å². The Kier molecular flexibility index (Phi) is 1.84. The Hall–Kier alpha value is -1.82. The molecule has 0 saturated carbocycles. The number of carbonyl (C=O) groups excluding carboxylic acids is 1. The summed E-state index contributed by atoms with van der Waals surface area (Å²) in [6.07, 6.45) is 0. The molecule has 0 bridgehead atoms. The number of likely N-dealkylation sites (N-methyl/N-ethyl adjacent to an activating group) is 1. The van der Waals surface area contributed by atoms with Crippen LogP contribution in [0.5, 0.6) is 0 Å². The monoisotopic (exact) mass is 200 g/mol. The van der Waals surface area contributed by atoms with Gasteiger partial charge in [-0.25, -0.2) is 0 Å². The zero-order valence-corrected chi connectivity index (χ0v) is 9.03. The summed E-state index contributed by atoms with van der Waals surface area (Å²) in [6, 6.07) is 7.59. The summed E-state index contributed by atoms with van der Waals surface area (Å²) in [6.45, 7) is 3.72. The van der Waals surface area contributed by atoms with Crippen LogP contribution in [0.4, 0.5) is 5.69 Å². The first-order valence-electron chi connectivity index (χ1n) is 4.82. The van der Waals surface area contributed by atoms with Gasteiger partial charge >= 0.3 is 0 Å². The van der Waals surface area contributed by atoms with E-state index in [0.29, 0.717) is 5.56 Å². The average Bonchev–Trinajstić information content (AvgIpc) is 2.41. The number of rotatable bonds is 0. The molecule has 2 rings (SSSR count). The standard InChI is InChI=1S/C12H12N2O/c1-12(2)10-8(7-13)5-4-6-9(10)14(3)11(12)15/h4-6H,1-3H3. The van der Waals surface area contributed by atoms with Crippen molar-refractivity contribution in [2.75, 3.05) is 11.9 Å². The van der Waals surface area contributed by atoms with Crippen LogP contribution in [0.2, 0.25) is 0 Å². The maximum absolute atomic E-state index is 12.0. The third kappa shape index (κ3) is 1.08. The molecule has 0 radical (unpaired) electrons. The number of hydrogen-bond acceptors (Lipinski definition) is 2. The molecule has 3 heteroatoms. The molecule has 15 heavy (non-hydrogen) atoms. The highest BCUT2D eigenvalue weighted by Gasteiger charge is 2.43. The largest absolute Gasteiger partial charge is 0.314 e. The second kappa shape index (κ2) is 2.83. The number of amides is 1. The maximum atomic E-state index is 12.0. The van der Waals surface area contributed by atoms with Gasteiger partial charge in [0.05, 0.1) is 17.0 Å². The van der Waals surface area contributed by atoms with Crippen molar-refractivity contribution in [3.05, 3.63) is 29.3 Å². The summed E-state index contributed by atoms with van der Waals surface area (Å²) in [5.74, 6) is 0.0419. The van der Waals surface area contributed by atoms with E-state index in [1.54, 1.807) is 18.0 Å². The number of fused-ring (bicyclic) bond motifs is 1. The van der Waals surface area contributed by atoms with Gasteiger partial charge in [-0.2, -0.15) is 5.26 Å². The summed E-state index contributed by atoms with van der Waals surface area (Å²) in [4.78, 5) is 13.6. The summed E-state index contributed by atoms with van der Waals surface area (Å²) < 4.78 is 0. The van der Waals surface area contributed by atoms with E-state index in [0.717, 1.165) is 11.3 Å². The fourth-order valence-electron chi connectivity index (χ4n) is 2.21. The van der Waals surface area contributed by atoms with E-state index in [4.69, 9.17) is 5.26 Å². The van der Waals surface area contributed by atoms with Gasteiger partial charge < -0.3 is 4.90 Å². The first-order valence-corrected chi connectivity index (χ1v) is 4.82. The first kappa shape index (κ1) is 9.72. The molecule has 0 saturated heterocycles. The van der Waals surface area contributed by atoms with Gasteiger partial charge in [-0.3, -0.25) is 4.79 Å². The summed E-state index contributed by atoms with van der Waals surface area (Å²) >= 11 is 0. The first-order chi connectivity index (χ1) is 7.00. The summed E-state index contributed by atoms with van der Waals surface area (Å²) in [5, 5.41) is 9.03. The van der Waals surface area contributed by atoms with Crippen LogP contribution in [0.3, 0.4) is 0 Å². The number of nitrogens with zero attached hydrogens (tertiary/aromatic N) is 2. The molecule has 1 aliphatic heterocycles. The molecule has 0 spiro atoms. The van der Waals surface area contributed by atoms with E-state index in [9.17, 15) is 4.79 Å². The van der Waals surface area contributed by atoms with E-state index in [2.05, 4.69) is 6.07 Å². The van der Waals surface area contributed by atoms with Crippen LogP contribution < -0.4 is 4.90 Å². The molecule has 0 aromatic heterocycles. The zero-order valence-electron chi connectivity index (χ0n) is 9.03. The number of anilines is 1. The fourth-order valence-corrected chi connectivity index (χ4v) is 2.21. The molecule has 0 N–H and O–H groups in total. The number of carbonyl (C=O) groups is 1. The summed E-state index contributed by atoms with van der Waals surface area (Å²) in [7, 11) is 1.75. The Morgan fingerprint density at radius 3 is 2.67 bits per heavy atom. The molecule has 0 fully saturated rings. The van der Waals surface area contributed by atoms with E-state index in [1.165, 1.54) is 0 Å². The highest BCUT2D eigenvalue weighted by atomic mass is 16.2. The molecule has 1 aromatic rings. The quantitative estimate of drug-likeness (QED) is 0.641. The highest BCUT2D eigenvalue weighted by molar-refractivity contribution is 6.07. The summed E-state index contributed by atoms with van der Waals surface area (Å²) in [5.41, 5.74) is 1.70. The fraction of sp³-hybridized carbons (Fsp3) is 0.333. The lowest BCUT2D eigenvalue weighted by Crippen LogP contribution is -2.33. The second-order valence-corrected chi connectivity index (χ2v) is 4.30. The average molecular weight is 200 g/mol. The van der Waals surface area contributed by atoms with Crippen molar-refractivity contribution < 1.29 is 4.79 Å². The highest BCUT2D eigenvalue weighted by Crippen LogP contribution is 2.42. The van der Waals surface area contributed by atoms with Gasteiger partial charge in [0.15, 0.2) is 0 Å². The lowest BCUT2D eigenvalue weighted by atomic mass is 9.83. The van der Waals surface area contributed by atoms with Crippen molar-refractivity contribution in [1.82, 2.24) is 0 Å². The van der Waals surface area contributed by atoms with Crippen molar-refractivity contribution in [3.8, 4) is 6.07 Å². The van der Waals surface area contributed by atoms with Gasteiger partial charge in [0.1, 0.15) is 0 Å². The van der Waals surface area contributed by atoms with Gasteiger partial charge in [0.25, 0.3) is 0 Å². The Bertz CT molecular complexity index is 483. The molecule has 3 nitrogen and oxygen atoms in total. The van der Waals surface area contributed by atoms with Crippen LogP contribution in [-0.2, 0) is 10.2 Å². The van der Waals surface area contributed by atoms with E-state index >= 15 is 0 Å². The minimum absolute atomic E-state index is 0.0419. The molecule has 1 aliphatic rings. The molecule has 0 unspecified atom stereocenters. The smallest absolute Gasteiger partial charge is 0.236 e. The van der Waals surface area contributed by atoms with Gasteiger partial charge in [0, 0.05) is 18.3 Å². The minimum atomic E-state index is -0.587. The van der Waals surface area contributed by atoms with Crippen LogP contribution >= 0.6 is 0 Å². The van der Waals surface area contributed by atoms with E-state index < -0.39 is 5.41 Å². The van der Waals surface area contributed by atoms with Crippen LogP contribution in [0, 0.1) is 11.3 Å². The van der Waals surface area contributed by atoms with Crippen molar-refractivity contribution in [3.63, 3.8) is 0 Å². The van der Waals surface area contributed by atoms with Crippen LogP contribution in [0.25, 0.3) is 0 Å². The zero-order chi connectivity index (χ0) is 11.2. The lowest BCUT2D eigenvalue weighted by molar-refractivity contribution is -0.121. The van der Waals surface area contributed by atoms with E-state index in [1.807, 2.05) is 26.0 Å². The maximum Gasteiger partial charge on any atom is 0.236 e. The van der Waals surface area contributed by atoms with Crippen molar-refractivity contribution in [2.45, 2.75) is 19.3 Å². The van der Waals surface area contributed by atoms with E-state index in [-0.39, 0.29) is 5.91 Å². The molecule has 76 valence electrons. The third-order valence-electron chi connectivity index (χ3n) is 2.99. The van der Waals surface area contributed by atoms with Gasteiger partial charge in [-0.1, -0.05) is 6.07 Å². The van der Waals surface area contributed by atoms with Crippen LogP contribution in [0.1, 0.15) is 25.0 Å². The molecular formula is C12H12N2O. The molecule has 0 aliphatic carbocycles.